The van der Waals surface area contributed by atoms with Crippen LogP contribution in [-0.4, -0.2) is 48.2 Å². The number of morpholine rings is 1. The van der Waals surface area contributed by atoms with Crippen molar-refractivity contribution in [3.8, 4) is 0 Å². The van der Waals surface area contributed by atoms with Crippen molar-refractivity contribution in [3.63, 3.8) is 0 Å². The molecule has 2 unspecified atom stereocenters. The van der Waals surface area contributed by atoms with Gasteiger partial charge in [-0.3, -0.25) is 4.79 Å². The normalized spacial score (nSPS) is 23.9. The van der Waals surface area contributed by atoms with Gasteiger partial charge < -0.3 is 15.4 Å². The topological polar surface area (TPSA) is 55.6 Å². The third-order valence-corrected chi connectivity index (χ3v) is 3.57. The van der Waals surface area contributed by atoms with Crippen molar-refractivity contribution in [2.45, 2.75) is 31.2 Å². The van der Waals surface area contributed by atoms with Crippen LogP contribution in [0.4, 0.5) is 0 Å². The van der Waals surface area contributed by atoms with Gasteiger partial charge in [0.1, 0.15) is 5.37 Å². The molecular weight excluding hydrogens is 212 g/mol. The Hall–Kier alpha value is -0.260. The van der Waals surface area contributed by atoms with Gasteiger partial charge in [0.15, 0.2) is 0 Å². The Morgan fingerprint density at radius 2 is 2.47 bits per heavy atom. The van der Waals surface area contributed by atoms with Crippen LogP contribution < -0.4 is 5.73 Å². The van der Waals surface area contributed by atoms with Gasteiger partial charge in [-0.05, 0) is 12.7 Å². The highest BCUT2D eigenvalue weighted by atomic mass is 32.2. The number of nitrogens with two attached hydrogens (primary N) is 1. The Labute approximate surface area is 95.5 Å². The molecule has 1 fully saturated rings. The van der Waals surface area contributed by atoms with Crippen molar-refractivity contribution >= 4 is 17.7 Å². The van der Waals surface area contributed by atoms with Gasteiger partial charge in [-0.1, -0.05) is 6.92 Å². The number of carbonyl (C=O) groups excluding carboxylic acids is 1. The average Bonchev–Trinajstić information content (AvgIpc) is 2.28. The number of rotatable bonds is 4. The molecule has 0 aromatic carbocycles. The summed E-state index contributed by atoms with van der Waals surface area (Å²) in [4.78, 5) is 13.8. The van der Waals surface area contributed by atoms with Gasteiger partial charge in [0.05, 0.1) is 13.2 Å². The number of carbonyl (C=O) groups is 1. The smallest absolute Gasteiger partial charge is 0.225 e. The van der Waals surface area contributed by atoms with Crippen molar-refractivity contribution in [3.05, 3.63) is 0 Å². The minimum Gasteiger partial charge on any atom is -0.377 e. The van der Waals surface area contributed by atoms with E-state index in [4.69, 9.17) is 10.5 Å². The molecule has 0 bridgehead atoms. The monoisotopic (exact) mass is 232 g/mol. The first-order chi connectivity index (χ1) is 7.19. The van der Waals surface area contributed by atoms with Crippen LogP contribution in [0.15, 0.2) is 0 Å². The third kappa shape index (κ3) is 3.66. The van der Waals surface area contributed by atoms with Crippen LogP contribution in [-0.2, 0) is 9.53 Å². The van der Waals surface area contributed by atoms with Crippen LogP contribution in [0.5, 0.6) is 0 Å². The van der Waals surface area contributed by atoms with E-state index in [9.17, 15) is 4.79 Å². The van der Waals surface area contributed by atoms with E-state index in [0.29, 0.717) is 26.2 Å². The van der Waals surface area contributed by atoms with Crippen LogP contribution in [0.1, 0.15) is 19.8 Å². The second-order valence-electron chi connectivity index (χ2n) is 3.72. The fourth-order valence-electron chi connectivity index (χ4n) is 1.55. The van der Waals surface area contributed by atoms with E-state index < -0.39 is 0 Å². The molecule has 0 spiro atoms. The zero-order valence-corrected chi connectivity index (χ0v) is 10.3. The minimum atomic E-state index is -0.0112. The van der Waals surface area contributed by atoms with E-state index in [1.165, 1.54) is 0 Å². The highest BCUT2D eigenvalue weighted by Gasteiger charge is 2.26. The number of hydrogen-bond donors (Lipinski definition) is 1. The van der Waals surface area contributed by atoms with Crippen molar-refractivity contribution in [1.82, 2.24) is 4.90 Å². The molecule has 0 aromatic rings. The van der Waals surface area contributed by atoms with Gasteiger partial charge in [-0.15, -0.1) is 11.8 Å². The summed E-state index contributed by atoms with van der Waals surface area (Å²) in [6.45, 7) is 3.97. The van der Waals surface area contributed by atoms with Crippen molar-refractivity contribution < 1.29 is 9.53 Å². The zero-order valence-electron chi connectivity index (χ0n) is 9.44. The summed E-state index contributed by atoms with van der Waals surface area (Å²) in [7, 11) is 0. The zero-order chi connectivity index (χ0) is 11.3. The summed E-state index contributed by atoms with van der Waals surface area (Å²) in [6.07, 6.45) is 3.30. The summed E-state index contributed by atoms with van der Waals surface area (Å²) in [5, 5.41) is 0.162. The van der Waals surface area contributed by atoms with Crippen LogP contribution in [0, 0.1) is 0 Å². The lowest BCUT2D eigenvalue weighted by atomic mass is 10.1. The third-order valence-electron chi connectivity index (χ3n) is 2.64. The first kappa shape index (κ1) is 12.8. The van der Waals surface area contributed by atoms with E-state index in [1.54, 1.807) is 11.8 Å². The lowest BCUT2D eigenvalue weighted by Gasteiger charge is -2.35. The van der Waals surface area contributed by atoms with Crippen molar-refractivity contribution in [1.29, 1.82) is 0 Å². The largest absolute Gasteiger partial charge is 0.377 e. The summed E-state index contributed by atoms with van der Waals surface area (Å²) in [6, 6.07) is -0.0112. The van der Waals surface area contributed by atoms with Crippen molar-refractivity contribution in [2.24, 2.45) is 5.73 Å². The molecule has 0 aromatic heterocycles. The molecule has 4 nitrogen and oxygen atoms in total. The van der Waals surface area contributed by atoms with Crippen LogP contribution in [0.3, 0.4) is 0 Å². The van der Waals surface area contributed by atoms with Gasteiger partial charge in [-0.25, -0.2) is 0 Å². The number of hydrogen-bond acceptors (Lipinski definition) is 4. The van der Waals surface area contributed by atoms with Crippen molar-refractivity contribution in [2.75, 3.05) is 26.0 Å². The molecule has 1 saturated heterocycles. The van der Waals surface area contributed by atoms with Crippen LogP contribution >= 0.6 is 11.8 Å². The van der Waals surface area contributed by atoms with E-state index in [2.05, 4.69) is 0 Å². The number of ether oxygens (including phenoxy) is 1. The molecule has 5 heteroatoms. The van der Waals surface area contributed by atoms with E-state index >= 15 is 0 Å². The molecule has 1 aliphatic rings. The molecule has 2 N–H and O–H groups in total. The molecular formula is C10H20N2O2S. The maximum atomic E-state index is 11.9. The molecule has 0 aliphatic carbocycles. The Kier molecular flexibility index (Phi) is 5.42. The summed E-state index contributed by atoms with van der Waals surface area (Å²) >= 11 is 1.66. The average molecular weight is 232 g/mol. The molecule has 2 atom stereocenters. The predicted molar refractivity (Wildman–Crippen MR) is 62.7 cm³/mol. The van der Waals surface area contributed by atoms with Gasteiger partial charge in [0, 0.05) is 19.0 Å². The number of amides is 1. The Balaban J connectivity index is 2.48. The van der Waals surface area contributed by atoms with Gasteiger partial charge in [0.25, 0.3) is 0 Å². The Morgan fingerprint density at radius 1 is 1.73 bits per heavy atom. The van der Waals surface area contributed by atoms with Gasteiger partial charge in [-0.2, -0.15) is 0 Å². The molecule has 0 saturated carbocycles. The Bertz CT molecular complexity index is 214. The fraction of sp³-hybridized carbons (Fsp3) is 0.900. The maximum absolute atomic E-state index is 11.9. The quantitative estimate of drug-likeness (QED) is 0.773. The van der Waals surface area contributed by atoms with E-state index in [0.717, 1.165) is 6.42 Å². The van der Waals surface area contributed by atoms with Crippen LogP contribution in [0.2, 0.25) is 0 Å². The van der Waals surface area contributed by atoms with Gasteiger partial charge >= 0.3 is 0 Å². The number of nitrogens with zero attached hydrogens (tertiary/aromatic N) is 1. The molecule has 88 valence electrons. The summed E-state index contributed by atoms with van der Waals surface area (Å²) in [5.41, 5.74) is 5.78. The molecule has 0 radical (unpaired) electrons. The minimum absolute atomic E-state index is 0.0112. The lowest BCUT2D eigenvalue weighted by molar-refractivity contribution is -0.136. The summed E-state index contributed by atoms with van der Waals surface area (Å²) in [5.74, 6) is 0.159. The molecule has 1 heterocycles. The standard InChI is InChI=1S/C10H20N2O2S/c1-3-8(11)6-9(13)12-4-5-14-7-10(12)15-2/h8,10H,3-7,11H2,1-2H3. The van der Waals surface area contributed by atoms with Gasteiger partial charge in [0.2, 0.25) is 5.91 Å². The van der Waals surface area contributed by atoms with Crippen LogP contribution in [0.25, 0.3) is 0 Å². The SMILES string of the molecule is CCC(N)CC(=O)N1CCOCC1SC. The molecule has 15 heavy (non-hydrogen) atoms. The fourth-order valence-corrected chi connectivity index (χ4v) is 2.26. The second kappa shape index (κ2) is 6.35. The predicted octanol–water partition coefficient (Wildman–Crippen LogP) is 0.662. The Morgan fingerprint density at radius 3 is 3.07 bits per heavy atom. The molecule has 1 rings (SSSR count). The maximum Gasteiger partial charge on any atom is 0.225 e. The number of thioether (sulfide) groups is 1. The first-order valence-electron chi connectivity index (χ1n) is 5.34. The first-order valence-corrected chi connectivity index (χ1v) is 6.63. The highest BCUT2D eigenvalue weighted by molar-refractivity contribution is 7.99. The highest BCUT2D eigenvalue weighted by Crippen LogP contribution is 2.18. The lowest BCUT2D eigenvalue weighted by Crippen LogP contribution is -2.48. The second-order valence-corrected chi connectivity index (χ2v) is 4.74. The molecule has 1 aliphatic heterocycles. The van der Waals surface area contributed by atoms with E-state index in [-0.39, 0.29) is 17.3 Å². The summed E-state index contributed by atoms with van der Waals surface area (Å²) < 4.78 is 5.34. The molecule has 1 amide bonds. The van der Waals surface area contributed by atoms with E-state index in [1.807, 2.05) is 18.1 Å².